The molecule has 0 aliphatic carbocycles. The molecule has 1 aliphatic rings. The van der Waals surface area contributed by atoms with Gasteiger partial charge in [0.15, 0.2) is 0 Å². The molecule has 0 aromatic heterocycles. The van der Waals surface area contributed by atoms with E-state index in [2.05, 4.69) is 11.8 Å². The highest BCUT2D eigenvalue weighted by Crippen LogP contribution is 2.38. The maximum absolute atomic E-state index is 10.6. The van der Waals surface area contributed by atoms with Gasteiger partial charge in [0.1, 0.15) is 6.29 Å². The zero-order valence-electron chi connectivity index (χ0n) is 8.74. The number of hydrogen-bond donors (Lipinski definition) is 0. The Morgan fingerprint density at radius 1 is 1.60 bits per heavy atom. The third-order valence-electron chi connectivity index (χ3n) is 2.97. The van der Waals surface area contributed by atoms with Gasteiger partial charge < -0.3 is 9.69 Å². The average Bonchev–Trinajstić information content (AvgIpc) is 2.57. The molecule has 1 aromatic rings. The lowest BCUT2D eigenvalue weighted by atomic mass is 9.99. The number of halogens is 1. The molecule has 1 heterocycles. The Kier molecular flexibility index (Phi) is 2.96. The third kappa shape index (κ3) is 1.86. The maximum Gasteiger partial charge on any atom is 0.120 e. The summed E-state index contributed by atoms with van der Waals surface area (Å²) in [5.41, 5.74) is 2.45. The van der Waals surface area contributed by atoms with Gasteiger partial charge >= 0.3 is 0 Å². The van der Waals surface area contributed by atoms with Crippen molar-refractivity contribution in [1.82, 2.24) is 0 Å². The summed E-state index contributed by atoms with van der Waals surface area (Å²) in [5.74, 6) is 0.316. The zero-order chi connectivity index (χ0) is 10.8. The Balaban J connectivity index is 2.38. The van der Waals surface area contributed by atoms with Gasteiger partial charge in [-0.3, -0.25) is 0 Å². The lowest BCUT2D eigenvalue weighted by Gasteiger charge is -2.16. The Bertz CT molecular complexity index is 378. The molecule has 0 radical (unpaired) electrons. The molecule has 1 aliphatic heterocycles. The summed E-state index contributed by atoms with van der Waals surface area (Å²) in [5, 5.41) is 0.752. The second kappa shape index (κ2) is 4.23. The van der Waals surface area contributed by atoms with Crippen LogP contribution in [0.15, 0.2) is 18.2 Å². The number of likely N-dealkylation sites (N-methyl/N-ethyl adjacent to an activating group) is 1. The molecule has 3 heteroatoms. The third-order valence-corrected chi connectivity index (χ3v) is 3.21. The number of fused-ring (bicyclic) bond motifs is 1. The van der Waals surface area contributed by atoms with Gasteiger partial charge in [0.25, 0.3) is 0 Å². The maximum atomic E-state index is 10.6. The van der Waals surface area contributed by atoms with Crippen molar-refractivity contribution in [3.8, 4) is 0 Å². The van der Waals surface area contributed by atoms with Crippen LogP contribution in [0, 0.1) is 0 Å². The van der Waals surface area contributed by atoms with E-state index < -0.39 is 0 Å². The van der Waals surface area contributed by atoms with Gasteiger partial charge in [0.05, 0.1) is 0 Å². The summed E-state index contributed by atoms with van der Waals surface area (Å²) in [6.45, 7) is 4.04. The van der Waals surface area contributed by atoms with Crippen molar-refractivity contribution in [3.63, 3.8) is 0 Å². The minimum absolute atomic E-state index is 0.316. The van der Waals surface area contributed by atoms with Gasteiger partial charge in [0, 0.05) is 36.1 Å². The highest BCUT2D eigenvalue weighted by molar-refractivity contribution is 6.30. The Hall–Kier alpha value is -1.02. The molecule has 2 rings (SSSR count). The minimum Gasteiger partial charge on any atom is -0.371 e. The van der Waals surface area contributed by atoms with Crippen molar-refractivity contribution in [3.05, 3.63) is 28.8 Å². The first kappa shape index (κ1) is 10.5. The molecule has 0 spiro atoms. The topological polar surface area (TPSA) is 20.3 Å². The predicted molar refractivity (Wildman–Crippen MR) is 62.8 cm³/mol. The van der Waals surface area contributed by atoms with Gasteiger partial charge in [-0.15, -0.1) is 0 Å². The van der Waals surface area contributed by atoms with E-state index in [4.69, 9.17) is 11.6 Å². The van der Waals surface area contributed by atoms with Crippen molar-refractivity contribution in [2.45, 2.75) is 19.3 Å². The fourth-order valence-corrected chi connectivity index (χ4v) is 2.40. The summed E-state index contributed by atoms with van der Waals surface area (Å²) in [6, 6.07) is 5.94. The molecule has 0 saturated carbocycles. The van der Waals surface area contributed by atoms with E-state index in [1.54, 1.807) is 0 Å². The smallest absolute Gasteiger partial charge is 0.120 e. The molecule has 0 fully saturated rings. The number of carbonyl (C=O) groups is 1. The van der Waals surface area contributed by atoms with E-state index in [1.165, 1.54) is 11.3 Å². The number of carbonyl (C=O) groups excluding carboxylic acids is 1. The van der Waals surface area contributed by atoms with Crippen molar-refractivity contribution >= 4 is 23.6 Å². The lowest BCUT2D eigenvalue weighted by molar-refractivity contribution is -0.108. The van der Waals surface area contributed by atoms with E-state index in [1.807, 2.05) is 18.2 Å². The SMILES string of the molecule is CCN1CC(CC=O)c2cc(Cl)ccc21. The van der Waals surface area contributed by atoms with Crippen LogP contribution in [0.5, 0.6) is 0 Å². The number of anilines is 1. The lowest BCUT2D eigenvalue weighted by Crippen LogP contribution is -2.21. The quantitative estimate of drug-likeness (QED) is 0.735. The van der Waals surface area contributed by atoms with Crippen LogP contribution in [0.2, 0.25) is 5.02 Å². The number of rotatable bonds is 3. The zero-order valence-corrected chi connectivity index (χ0v) is 9.50. The van der Waals surface area contributed by atoms with Crippen molar-refractivity contribution < 1.29 is 4.79 Å². The summed E-state index contributed by atoms with van der Waals surface area (Å²) in [6.07, 6.45) is 1.58. The second-order valence-electron chi connectivity index (χ2n) is 3.84. The van der Waals surface area contributed by atoms with Crippen LogP contribution in [0.4, 0.5) is 5.69 Å². The van der Waals surface area contributed by atoms with Crippen molar-refractivity contribution in [1.29, 1.82) is 0 Å². The van der Waals surface area contributed by atoms with E-state index >= 15 is 0 Å². The monoisotopic (exact) mass is 223 g/mol. The molecule has 15 heavy (non-hydrogen) atoms. The number of aldehydes is 1. The standard InChI is InChI=1S/C12H14ClNO/c1-2-14-8-9(5-6-15)11-7-10(13)3-4-12(11)14/h3-4,6-7,9H,2,5,8H2,1H3. The van der Waals surface area contributed by atoms with Crippen LogP contribution in [0.1, 0.15) is 24.8 Å². The molecule has 1 aromatic carbocycles. The Morgan fingerprint density at radius 2 is 2.40 bits per heavy atom. The molecule has 1 unspecified atom stereocenters. The van der Waals surface area contributed by atoms with E-state index in [-0.39, 0.29) is 0 Å². The first-order chi connectivity index (χ1) is 7.26. The van der Waals surface area contributed by atoms with Crippen molar-refractivity contribution in [2.24, 2.45) is 0 Å². The number of hydrogen-bond acceptors (Lipinski definition) is 2. The van der Waals surface area contributed by atoms with Gasteiger partial charge in [-0.05, 0) is 30.7 Å². The first-order valence-electron chi connectivity index (χ1n) is 5.24. The van der Waals surface area contributed by atoms with Crippen LogP contribution in [-0.4, -0.2) is 19.4 Å². The molecule has 0 saturated heterocycles. The molecule has 80 valence electrons. The van der Waals surface area contributed by atoms with Crippen molar-refractivity contribution in [2.75, 3.05) is 18.0 Å². The van der Waals surface area contributed by atoms with Gasteiger partial charge in [-0.1, -0.05) is 11.6 Å². The largest absolute Gasteiger partial charge is 0.371 e. The van der Waals surface area contributed by atoms with Crippen LogP contribution < -0.4 is 4.90 Å². The molecule has 2 nitrogen and oxygen atoms in total. The Labute approximate surface area is 94.8 Å². The average molecular weight is 224 g/mol. The van der Waals surface area contributed by atoms with Crippen LogP contribution >= 0.6 is 11.6 Å². The number of benzene rings is 1. The van der Waals surface area contributed by atoms with Crippen LogP contribution in [0.3, 0.4) is 0 Å². The Morgan fingerprint density at radius 3 is 3.07 bits per heavy atom. The normalized spacial score (nSPS) is 19.1. The fourth-order valence-electron chi connectivity index (χ4n) is 2.22. The molecule has 0 bridgehead atoms. The van der Waals surface area contributed by atoms with Gasteiger partial charge in [-0.2, -0.15) is 0 Å². The van der Waals surface area contributed by atoms with Gasteiger partial charge in [0.2, 0.25) is 0 Å². The summed E-state index contributed by atoms with van der Waals surface area (Å²) in [7, 11) is 0. The van der Waals surface area contributed by atoms with Gasteiger partial charge in [-0.25, -0.2) is 0 Å². The van der Waals surface area contributed by atoms with Crippen LogP contribution in [0.25, 0.3) is 0 Å². The van der Waals surface area contributed by atoms with E-state index in [0.29, 0.717) is 12.3 Å². The second-order valence-corrected chi connectivity index (χ2v) is 4.28. The molecule has 0 N–H and O–H groups in total. The predicted octanol–water partition coefficient (Wildman–Crippen LogP) is 2.85. The molecular weight excluding hydrogens is 210 g/mol. The van der Waals surface area contributed by atoms with E-state index in [9.17, 15) is 4.79 Å². The summed E-state index contributed by atoms with van der Waals surface area (Å²) < 4.78 is 0. The minimum atomic E-state index is 0.316. The van der Waals surface area contributed by atoms with Crippen LogP contribution in [-0.2, 0) is 4.79 Å². The number of nitrogens with zero attached hydrogens (tertiary/aromatic N) is 1. The fraction of sp³-hybridized carbons (Fsp3) is 0.417. The molecule has 0 amide bonds. The first-order valence-corrected chi connectivity index (χ1v) is 5.62. The molecular formula is C12H14ClNO. The summed E-state index contributed by atoms with van der Waals surface area (Å²) >= 11 is 5.97. The highest BCUT2D eigenvalue weighted by atomic mass is 35.5. The highest BCUT2D eigenvalue weighted by Gasteiger charge is 2.27. The summed E-state index contributed by atoms with van der Waals surface area (Å²) in [4.78, 5) is 12.9. The molecule has 1 atom stereocenters. The van der Waals surface area contributed by atoms with E-state index in [0.717, 1.165) is 24.4 Å².